The summed E-state index contributed by atoms with van der Waals surface area (Å²) in [6.45, 7) is 5.73. The first kappa shape index (κ1) is 14.0. The number of hydrogen-bond donors (Lipinski definition) is 0. The Hall–Kier alpha value is -1.94. The summed E-state index contributed by atoms with van der Waals surface area (Å²) >= 11 is 0. The maximum atomic E-state index is 12.0. The van der Waals surface area contributed by atoms with Crippen molar-refractivity contribution in [2.45, 2.75) is 25.5 Å². The molecule has 0 saturated carbocycles. The number of benzene rings is 2. The van der Waals surface area contributed by atoms with E-state index in [4.69, 9.17) is 4.42 Å². The number of furan rings is 1. The van der Waals surface area contributed by atoms with Crippen LogP contribution in [0.3, 0.4) is 0 Å². The summed E-state index contributed by atoms with van der Waals surface area (Å²) in [7, 11) is -1.24. The van der Waals surface area contributed by atoms with E-state index in [0.29, 0.717) is 0 Å². The van der Waals surface area contributed by atoms with Crippen LogP contribution >= 0.6 is 0 Å². The van der Waals surface area contributed by atoms with E-state index in [1.807, 2.05) is 63.2 Å². The molecule has 0 fully saturated rings. The highest BCUT2D eigenvalue weighted by Gasteiger charge is 2.18. The lowest BCUT2D eigenvalue weighted by Gasteiger charge is -2.12. The van der Waals surface area contributed by atoms with Crippen LogP contribution in [0.5, 0.6) is 0 Å². The molecular weight excluding hydrogens is 282 g/mol. The summed E-state index contributed by atoms with van der Waals surface area (Å²) in [6, 6.07) is 13.8. The highest BCUT2D eigenvalue weighted by Crippen LogP contribution is 2.28. The molecule has 0 saturated heterocycles. The Labute approximate surface area is 126 Å². The van der Waals surface area contributed by atoms with Gasteiger partial charge in [-0.2, -0.15) is 4.40 Å². The minimum absolute atomic E-state index is 0.344. The molecule has 0 aliphatic carbocycles. The van der Waals surface area contributed by atoms with E-state index in [0.717, 1.165) is 27.5 Å². The van der Waals surface area contributed by atoms with Crippen molar-refractivity contribution in [2.75, 3.05) is 0 Å². The molecule has 1 atom stereocenters. The fraction of sp³-hybridized carbons (Fsp3) is 0.235. The molecule has 1 unspecified atom stereocenters. The van der Waals surface area contributed by atoms with Gasteiger partial charge in [-0.15, -0.1) is 0 Å². The number of para-hydroxylation sites is 1. The molecule has 0 radical (unpaired) electrons. The molecule has 4 heteroatoms. The molecule has 1 heterocycles. The molecule has 0 spiro atoms. The zero-order valence-corrected chi connectivity index (χ0v) is 13.1. The van der Waals surface area contributed by atoms with Crippen molar-refractivity contribution in [3.8, 4) is 0 Å². The van der Waals surface area contributed by atoms with Crippen LogP contribution in [0.1, 0.15) is 26.3 Å². The average Bonchev–Trinajstić information content (AvgIpc) is 2.81. The van der Waals surface area contributed by atoms with Gasteiger partial charge in [-0.3, -0.25) is 0 Å². The zero-order valence-electron chi connectivity index (χ0n) is 12.3. The Morgan fingerprint density at radius 3 is 2.52 bits per heavy atom. The van der Waals surface area contributed by atoms with Gasteiger partial charge in [0.15, 0.2) is 0 Å². The van der Waals surface area contributed by atoms with Gasteiger partial charge >= 0.3 is 0 Å². The van der Waals surface area contributed by atoms with Crippen molar-refractivity contribution in [3.63, 3.8) is 0 Å². The molecule has 3 rings (SSSR count). The van der Waals surface area contributed by atoms with Crippen LogP contribution in [0.2, 0.25) is 0 Å². The van der Waals surface area contributed by atoms with Gasteiger partial charge in [-0.1, -0.05) is 18.2 Å². The summed E-state index contributed by atoms with van der Waals surface area (Å²) in [5.74, 6) is 0. The molecule has 0 N–H and O–H groups in total. The Morgan fingerprint density at radius 2 is 1.76 bits per heavy atom. The number of fused-ring (bicyclic) bond motifs is 3. The summed E-state index contributed by atoms with van der Waals surface area (Å²) in [4.78, 5) is 0. The van der Waals surface area contributed by atoms with E-state index in [2.05, 4.69) is 4.40 Å². The lowest BCUT2D eigenvalue weighted by atomic mass is 10.1. The van der Waals surface area contributed by atoms with Gasteiger partial charge in [0.25, 0.3) is 0 Å². The molecule has 0 aliphatic rings. The summed E-state index contributed by atoms with van der Waals surface area (Å²) < 4.78 is 21.6. The predicted octanol–water partition coefficient (Wildman–Crippen LogP) is 4.47. The van der Waals surface area contributed by atoms with Crippen LogP contribution in [0.25, 0.3) is 21.9 Å². The first-order valence-electron chi connectivity index (χ1n) is 6.82. The first-order chi connectivity index (χ1) is 9.95. The molecule has 108 valence electrons. The summed E-state index contributed by atoms with van der Waals surface area (Å²) in [5.41, 5.74) is 2.65. The maximum absolute atomic E-state index is 12.0. The fourth-order valence-electron chi connectivity index (χ4n) is 2.09. The van der Waals surface area contributed by atoms with Crippen LogP contribution in [0.15, 0.2) is 51.3 Å². The van der Waals surface area contributed by atoms with E-state index in [-0.39, 0.29) is 4.75 Å². The lowest BCUT2D eigenvalue weighted by molar-refractivity contribution is 0.651. The molecule has 0 bridgehead atoms. The standard InChI is InChI=1S/C17H17NO2S/c1-17(2,3)21(19)18-11-12-8-9-16-14(10-12)13-6-4-5-7-15(13)20-16/h4-11H,1-3H3/b18-11+. The van der Waals surface area contributed by atoms with Gasteiger partial charge in [0.05, 0.1) is 4.75 Å². The largest absolute Gasteiger partial charge is 0.456 e. The number of nitrogens with zero attached hydrogens (tertiary/aromatic N) is 1. The fourth-order valence-corrected chi connectivity index (χ4v) is 2.62. The van der Waals surface area contributed by atoms with Crippen LogP contribution in [0.4, 0.5) is 0 Å². The molecule has 21 heavy (non-hydrogen) atoms. The van der Waals surface area contributed by atoms with E-state index in [9.17, 15) is 4.21 Å². The van der Waals surface area contributed by atoms with Crippen LogP contribution in [-0.4, -0.2) is 15.2 Å². The van der Waals surface area contributed by atoms with Gasteiger partial charge in [-0.25, -0.2) is 4.21 Å². The Kier molecular flexibility index (Phi) is 3.41. The second-order valence-corrected chi connectivity index (χ2v) is 7.88. The van der Waals surface area contributed by atoms with Crippen molar-refractivity contribution in [1.29, 1.82) is 0 Å². The Balaban J connectivity index is 2.03. The van der Waals surface area contributed by atoms with Gasteiger partial charge < -0.3 is 4.42 Å². The smallest absolute Gasteiger partial charge is 0.144 e. The predicted molar refractivity (Wildman–Crippen MR) is 89.2 cm³/mol. The monoisotopic (exact) mass is 299 g/mol. The van der Waals surface area contributed by atoms with Crippen molar-refractivity contribution in [3.05, 3.63) is 48.0 Å². The summed E-state index contributed by atoms with van der Waals surface area (Å²) in [5, 5.41) is 2.13. The highest BCUT2D eigenvalue weighted by atomic mass is 32.2. The Morgan fingerprint density at radius 1 is 1.05 bits per heavy atom. The van der Waals surface area contributed by atoms with Gasteiger partial charge in [0.2, 0.25) is 0 Å². The molecule has 3 aromatic rings. The molecule has 1 aromatic heterocycles. The van der Waals surface area contributed by atoms with E-state index in [1.54, 1.807) is 6.21 Å². The lowest BCUT2D eigenvalue weighted by Crippen LogP contribution is -2.19. The topological polar surface area (TPSA) is 42.6 Å². The first-order valence-corrected chi connectivity index (χ1v) is 7.93. The van der Waals surface area contributed by atoms with Crippen molar-refractivity contribution in [2.24, 2.45) is 4.40 Å². The quantitative estimate of drug-likeness (QED) is 0.655. The minimum atomic E-state index is -1.24. The maximum Gasteiger partial charge on any atom is 0.144 e. The minimum Gasteiger partial charge on any atom is -0.456 e. The van der Waals surface area contributed by atoms with Gasteiger partial charge in [0.1, 0.15) is 22.2 Å². The third-order valence-corrected chi connectivity index (χ3v) is 4.57. The van der Waals surface area contributed by atoms with Crippen molar-refractivity contribution in [1.82, 2.24) is 0 Å². The second-order valence-electron chi connectivity index (χ2n) is 5.95. The van der Waals surface area contributed by atoms with E-state index < -0.39 is 11.0 Å². The number of hydrogen-bond acceptors (Lipinski definition) is 2. The van der Waals surface area contributed by atoms with Gasteiger partial charge in [-0.05, 0) is 50.6 Å². The van der Waals surface area contributed by atoms with Crippen molar-refractivity contribution >= 4 is 39.1 Å². The van der Waals surface area contributed by atoms with Crippen LogP contribution < -0.4 is 0 Å². The van der Waals surface area contributed by atoms with Gasteiger partial charge in [0, 0.05) is 17.0 Å². The third-order valence-electron chi connectivity index (χ3n) is 3.22. The van der Waals surface area contributed by atoms with E-state index in [1.165, 1.54) is 0 Å². The molecular formula is C17H17NO2S. The van der Waals surface area contributed by atoms with Crippen LogP contribution in [0, 0.1) is 0 Å². The second kappa shape index (κ2) is 5.11. The zero-order chi connectivity index (χ0) is 15.0. The summed E-state index contributed by atoms with van der Waals surface area (Å²) in [6.07, 6.45) is 1.67. The Bertz CT molecular complexity index is 856. The van der Waals surface area contributed by atoms with Crippen molar-refractivity contribution < 1.29 is 8.63 Å². The third kappa shape index (κ3) is 2.76. The average molecular weight is 299 g/mol. The van der Waals surface area contributed by atoms with Crippen LogP contribution in [-0.2, 0) is 11.0 Å². The number of rotatable bonds is 2. The van der Waals surface area contributed by atoms with E-state index >= 15 is 0 Å². The molecule has 0 aliphatic heterocycles. The molecule has 0 amide bonds. The normalized spacial score (nSPS) is 14.2. The molecule has 3 nitrogen and oxygen atoms in total. The molecule has 2 aromatic carbocycles. The SMILES string of the molecule is CC(C)(C)S(=O)/N=C/c1ccc2oc3ccccc3c2c1. The highest BCUT2D eigenvalue weighted by molar-refractivity contribution is 7.85.